The number of alkyl halides is 2. The molecular weight excluding hydrogens is 391 g/mol. The van der Waals surface area contributed by atoms with Gasteiger partial charge in [0.25, 0.3) is 0 Å². The van der Waals surface area contributed by atoms with E-state index in [1.807, 2.05) is 0 Å². The molecular formula is C12H22Cl2O11. The van der Waals surface area contributed by atoms with Gasteiger partial charge in [0, 0.05) is 0 Å². The third-order valence-electron chi connectivity index (χ3n) is 2.89. The molecule has 0 aromatic heterocycles. The standard InChI is InChI=1S/C6H11ClO6.C6H11ClO5/c7-6(13,4(11)2-9)5(12)3(10)1-8;7-5(3(10)1-8)6(12)4(11)2-9/h1,3-5,9-13H,2H2;2-6,8,10-12H,1H2/t2*3-,4+,5+,6-/m01/s1. The number of carbonyl (C=O) groups excluding carboxylic acids is 2. The van der Waals surface area contributed by atoms with Crippen LogP contribution < -0.4 is 0 Å². The van der Waals surface area contributed by atoms with E-state index in [-0.39, 0.29) is 12.6 Å². The molecule has 8 atom stereocenters. The van der Waals surface area contributed by atoms with Crippen LogP contribution in [0.1, 0.15) is 0 Å². The van der Waals surface area contributed by atoms with Gasteiger partial charge in [0.2, 0.25) is 0 Å². The number of hydrogen-bond donors (Lipinski definition) is 9. The summed E-state index contributed by atoms with van der Waals surface area (Å²) in [6.45, 7) is -1.56. The van der Waals surface area contributed by atoms with Crippen molar-refractivity contribution in [2.45, 2.75) is 47.1 Å². The normalized spacial score (nSPS) is 22.0. The number of halogens is 2. The maximum absolute atomic E-state index is 9.98. The second kappa shape index (κ2) is 12.8. The second-order valence-electron chi connectivity index (χ2n) is 4.81. The minimum absolute atomic E-state index is 0.0535. The summed E-state index contributed by atoms with van der Waals surface area (Å²) >= 11 is 10.6. The highest BCUT2D eigenvalue weighted by atomic mass is 35.5. The van der Waals surface area contributed by atoms with Gasteiger partial charge in [-0.15, -0.1) is 11.6 Å². The summed E-state index contributed by atoms with van der Waals surface area (Å²) in [5, 5.41) is 75.3. The van der Waals surface area contributed by atoms with E-state index >= 15 is 0 Å². The Kier molecular flexibility index (Phi) is 13.8. The molecule has 0 aromatic carbocycles. The van der Waals surface area contributed by atoms with Gasteiger partial charge in [0.05, 0.1) is 24.7 Å². The highest BCUT2D eigenvalue weighted by Crippen LogP contribution is 2.22. The van der Waals surface area contributed by atoms with E-state index in [0.29, 0.717) is 0 Å². The summed E-state index contributed by atoms with van der Waals surface area (Å²) in [6, 6.07) is 0. The molecule has 0 aliphatic rings. The van der Waals surface area contributed by atoms with E-state index in [2.05, 4.69) is 0 Å². The average Bonchev–Trinajstić information content (AvgIpc) is 2.63. The van der Waals surface area contributed by atoms with Gasteiger partial charge in [-0.25, -0.2) is 0 Å². The predicted octanol–water partition coefficient (Wildman–Crippen LogP) is -4.94. The molecule has 0 saturated heterocycles. The van der Waals surface area contributed by atoms with Crippen LogP contribution >= 0.6 is 23.2 Å². The Morgan fingerprint density at radius 1 is 0.880 bits per heavy atom. The lowest BCUT2D eigenvalue weighted by molar-refractivity contribution is -0.148. The molecule has 0 saturated carbocycles. The van der Waals surface area contributed by atoms with E-state index in [0.717, 1.165) is 0 Å². The molecule has 25 heavy (non-hydrogen) atoms. The topological polar surface area (TPSA) is 216 Å². The highest BCUT2D eigenvalue weighted by Gasteiger charge is 2.44. The van der Waals surface area contributed by atoms with E-state index in [1.165, 1.54) is 0 Å². The molecule has 9 N–H and O–H groups in total. The van der Waals surface area contributed by atoms with Crippen LogP contribution in [0.2, 0.25) is 0 Å². The lowest BCUT2D eigenvalue weighted by Gasteiger charge is -2.31. The summed E-state index contributed by atoms with van der Waals surface area (Å²) in [7, 11) is 0. The Bertz CT molecular complexity index is 384. The van der Waals surface area contributed by atoms with Crippen LogP contribution in [-0.4, -0.2) is 119 Å². The molecule has 0 unspecified atom stereocenters. The fourth-order valence-corrected chi connectivity index (χ4v) is 1.66. The zero-order valence-corrected chi connectivity index (χ0v) is 14.2. The van der Waals surface area contributed by atoms with Gasteiger partial charge in [-0.2, -0.15) is 0 Å². The lowest BCUT2D eigenvalue weighted by atomic mass is 10.0. The zero-order chi connectivity index (χ0) is 20.4. The molecule has 0 aromatic rings. The molecule has 0 rings (SSSR count). The van der Waals surface area contributed by atoms with Crippen molar-refractivity contribution < 1.29 is 55.5 Å². The Labute approximate surface area is 152 Å². The SMILES string of the molecule is O=C[C@H](O)[C@@H](O)[C@@H](Cl)[C@H](O)CO.O=C[C@H](O)[C@@H](O)[C@](O)(Cl)[C@H](O)CO. The molecule has 0 aliphatic carbocycles. The third-order valence-corrected chi connectivity index (χ3v) is 3.91. The first kappa shape index (κ1) is 26.8. The summed E-state index contributed by atoms with van der Waals surface area (Å²) in [5.41, 5.74) is 0. The van der Waals surface area contributed by atoms with E-state index in [1.54, 1.807) is 0 Å². The number of carbonyl (C=O) groups is 2. The number of aliphatic hydroxyl groups excluding tert-OH is 8. The summed E-state index contributed by atoms with van der Waals surface area (Å²) in [6.07, 6.45) is -10.4. The molecule has 0 aliphatic heterocycles. The van der Waals surface area contributed by atoms with Crippen molar-refractivity contribution in [2.75, 3.05) is 13.2 Å². The van der Waals surface area contributed by atoms with Gasteiger partial charge in [-0.3, -0.25) is 0 Å². The largest absolute Gasteiger partial charge is 0.394 e. The Morgan fingerprint density at radius 2 is 1.32 bits per heavy atom. The first-order chi connectivity index (χ1) is 11.4. The zero-order valence-electron chi connectivity index (χ0n) is 12.7. The maximum atomic E-state index is 9.98. The number of rotatable bonds is 10. The monoisotopic (exact) mass is 412 g/mol. The third kappa shape index (κ3) is 8.66. The number of aldehydes is 2. The predicted molar refractivity (Wildman–Crippen MR) is 82.8 cm³/mol. The van der Waals surface area contributed by atoms with Gasteiger partial charge in [-0.1, -0.05) is 11.6 Å². The van der Waals surface area contributed by atoms with Crippen LogP contribution in [0.15, 0.2) is 0 Å². The molecule has 0 amide bonds. The molecule has 11 nitrogen and oxygen atoms in total. The van der Waals surface area contributed by atoms with Crippen molar-refractivity contribution in [1.82, 2.24) is 0 Å². The molecule has 0 bridgehead atoms. The van der Waals surface area contributed by atoms with Crippen LogP contribution in [-0.2, 0) is 9.59 Å². The van der Waals surface area contributed by atoms with Crippen molar-refractivity contribution in [1.29, 1.82) is 0 Å². The maximum Gasteiger partial charge on any atom is 0.195 e. The smallest absolute Gasteiger partial charge is 0.195 e. The first-order valence-electron chi connectivity index (χ1n) is 6.68. The van der Waals surface area contributed by atoms with Gasteiger partial charge in [0.15, 0.2) is 17.6 Å². The van der Waals surface area contributed by atoms with Gasteiger partial charge in [0.1, 0.15) is 30.5 Å². The van der Waals surface area contributed by atoms with Crippen LogP contribution in [0.3, 0.4) is 0 Å². The minimum Gasteiger partial charge on any atom is -0.394 e. The van der Waals surface area contributed by atoms with Crippen molar-refractivity contribution in [3.8, 4) is 0 Å². The summed E-state index contributed by atoms with van der Waals surface area (Å²) in [5.74, 6) is 0. The van der Waals surface area contributed by atoms with E-state index < -0.39 is 60.3 Å². The molecule has 0 spiro atoms. The Hall–Kier alpha value is -0.440. The van der Waals surface area contributed by atoms with Gasteiger partial charge < -0.3 is 55.5 Å². The summed E-state index contributed by atoms with van der Waals surface area (Å²) < 4.78 is 0. The average molecular weight is 413 g/mol. The van der Waals surface area contributed by atoms with Gasteiger partial charge in [-0.05, 0) is 0 Å². The van der Waals surface area contributed by atoms with Crippen molar-refractivity contribution in [3.05, 3.63) is 0 Å². The molecule has 0 radical (unpaired) electrons. The first-order valence-corrected chi connectivity index (χ1v) is 7.49. The van der Waals surface area contributed by atoms with Crippen LogP contribution in [0.25, 0.3) is 0 Å². The lowest BCUT2D eigenvalue weighted by Crippen LogP contribution is -2.54. The van der Waals surface area contributed by atoms with Crippen LogP contribution in [0.5, 0.6) is 0 Å². The Morgan fingerprint density at radius 3 is 1.64 bits per heavy atom. The number of hydrogen-bond acceptors (Lipinski definition) is 11. The summed E-state index contributed by atoms with van der Waals surface area (Å²) in [4.78, 5) is 19.9. The van der Waals surface area contributed by atoms with Crippen molar-refractivity contribution in [3.63, 3.8) is 0 Å². The molecule has 0 fully saturated rings. The number of aliphatic hydroxyl groups is 9. The van der Waals surface area contributed by atoms with Gasteiger partial charge >= 0.3 is 0 Å². The Balaban J connectivity index is 0. The molecule has 13 heteroatoms. The highest BCUT2D eigenvalue weighted by molar-refractivity contribution is 6.23. The van der Waals surface area contributed by atoms with Crippen LogP contribution in [0.4, 0.5) is 0 Å². The fourth-order valence-electron chi connectivity index (χ4n) is 1.24. The van der Waals surface area contributed by atoms with Crippen LogP contribution in [0, 0.1) is 0 Å². The van der Waals surface area contributed by atoms with E-state index in [4.69, 9.17) is 69.2 Å². The minimum atomic E-state index is -2.66. The molecule has 0 heterocycles. The van der Waals surface area contributed by atoms with E-state index in [9.17, 15) is 9.59 Å². The van der Waals surface area contributed by atoms with Crippen molar-refractivity contribution >= 4 is 35.8 Å². The second-order valence-corrected chi connectivity index (χ2v) is 5.92. The fraction of sp³-hybridized carbons (Fsp3) is 0.833. The quantitative estimate of drug-likeness (QED) is 0.122. The van der Waals surface area contributed by atoms with Crippen molar-refractivity contribution in [2.24, 2.45) is 0 Å². The molecule has 150 valence electrons.